The van der Waals surface area contributed by atoms with Crippen molar-refractivity contribution in [3.8, 4) is 0 Å². The molecule has 118 valence electrons. The van der Waals surface area contributed by atoms with Gasteiger partial charge in [0, 0.05) is 24.8 Å². The maximum Gasteiger partial charge on any atom is 0.246 e. The second kappa shape index (κ2) is 5.64. The number of rotatable bonds is 3. The van der Waals surface area contributed by atoms with Crippen molar-refractivity contribution in [1.29, 1.82) is 0 Å². The molecule has 8 heteroatoms. The molecule has 3 rings (SSSR count). The molecule has 2 aromatic rings. The number of halogens is 2. The number of aromatic nitrogens is 2. The van der Waals surface area contributed by atoms with Crippen molar-refractivity contribution in [2.45, 2.75) is 23.8 Å². The fourth-order valence-corrected chi connectivity index (χ4v) is 4.72. The van der Waals surface area contributed by atoms with E-state index in [0.29, 0.717) is 13.0 Å². The molecule has 0 aliphatic carbocycles. The molecule has 1 atom stereocenters. The molecular formula is C14H15ClFN3O2S. The van der Waals surface area contributed by atoms with E-state index in [9.17, 15) is 12.8 Å². The predicted octanol–water partition coefficient (Wildman–Crippen LogP) is 2.74. The van der Waals surface area contributed by atoms with Crippen LogP contribution in [0.1, 0.15) is 24.6 Å². The Morgan fingerprint density at radius 1 is 1.36 bits per heavy atom. The van der Waals surface area contributed by atoms with Crippen LogP contribution in [-0.4, -0.2) is 29.0 Å². The number of nitrogens with zero attached hydrogens (tertiary/aromatic N) is 3. The summed E-state index contributed by atoms with van der Waals surface area (Å²) in [6, 6.07) is 5.08. The van der Waals surface area contributed by atoms with Gasteiger partial charge in [-0.3, -0.25) is 4.68 Å². The fraction of sp³-hybridized carbons (Fsp3) is 0.357. The molecule has 1 aromatic carbocycles. The predicted molar refractivity (Wildman–Crippen MR) is 80.5 cm³/mol. The Kier molecular flexibility index (Phi) is 3.96. The number of sulfonamides is 1. The first-order valence-electron chi connectivity index (χ1n) is 6.86. The topological polar surface area (TPSA) is 55.2 Å². The van der Waals surface area contributed by atoms with E-state index < -0.39 is 15.8 Å². The quantitative estimate of drug-likeness (QED) is 0.861. The second-order valence-corrected chi connectivity index (χ2v) is 7.52. The maximum atomic E-state index is 14.0. The lowest BCUT2D eigenvalue weighted by atomic mass is 10.1. The molecule has 0 bridgehead atoms. The molecule has 0 amide bonds. The van der Waals surface area contributed by atoms with Crippen LogP contribution in [0.5, 0.6) is 0 Å². The van der Waals surface area contributed by atoms with Gasteiger partial charge in [0.2, 0.25) is 10.0 Å². The van der Waals surface area contributed by atoms with Crippen LogP contribution in [0.2, 0.25) is 5.02 Å². The molecule has 0 saturated carbocycles. The highest BCUT2D eigenvalue weighted by Gasteiger charge is 2.38. The van der Waals surface area contributed by atoms with Gasteiger partial charge in [-0.25, -0.2) is 12.8 Å². The van der Waals surface area contributed by atoms with Gasteiger partial charge >= 0.3 is 0 Å². The Labute approximate surface area is 133 Å². The molecular weight excluding hydrogens is 329 g/mol. The zero-order valence-electron chi connectivity index (χ0n) is 11.9. The molecule has 5 nitrogen and oxygen atoms in total. The van der Waals surface area contributed by atoms with E-state index in [4.69, 9.17) is 11.6 Å². The first-order valence-corrected chi connectivity index (χ1v) is 8.68. The molecule has 1 aliphatic heterocycles. The minimum Gasteiger partial charge on any atom is -0.271 e. The van der Waals surface area contributed by atoms with Gasteiger partial charge in [0.05, 0.1) is 11.7 Å². The summed E-state index contributed by atoms with van der Waals surface area (Å²) in [4.78, 5) is -0.342. The molecule has 0 radical (unpaired) electrons. The lowest BCUT2D eigenvalue weighted by Crippen LogP contribution is -2.32. The van der Waals surface area contributed by atoms with Crippen LogP contribution < -0.4 is 0 Å². The van der Waals surface area contributed by atoms with E-state index in [0.717, 1.165) is 18.2 Å². The molecule has 1 saturated heterocycles. The summed E-state index contributed by atoms with van der Waals surface area (Å²) in [6.07, 6.45) is 3.04. The van der Waals surface area contributed by atoms with Crippen molar-refractivity contribution in [3.05, 3.63) is 47.0 Å². The second-order valence-electron chi connectivity index (χ2n) is 5.23. The van der Waals surface area contributed by atoms with Crippen molar-refractivity contribution in [2.75, 3.05) is 6.54 Å². The van der Waals surface area contributed by atoms with Crippen LogP contribution in [-0.2, 0) is 17.1 Å². The first kappa shape index (κ1) is 15.5. The Morgan fingerprint density at radius 2 is 2.14 bits per heavy atom. The van der Waals surface area contributed by atoms with Gasteiger partial charge in [0.25, 0.3) is 0 Å². The van der Waals surface area contributed by atoms with Crippen molar-refractivity contribution in [2.24, 2.45) is 7.05 Å². The molecule has 1 fully saturated rings. The smallest absolute Gasteiger partial charge is 0.246 e. The number of benzene rings is 1. The standard InChI is InChI=1S/C14H15ClFN3O2S/c1-18-12(6-7-17-18)13-3-2-8-19(13)22(20,21)14-5-4-10(15)9-11(14)16/h4-7,9,13H,2-3,8H2,1H3. The summed E-state index contributed by atoms with van der Waals surface area (Å²) in [5.74, 6) is -0.830. The zero-order chi connectivity index (χ0) is 15.9. The average Bonchev–Trinajstić information content (AvgIpc) is 3.06. The Hall–Kier alpha value is -1.44. The van der Waals surface area contributed by atoms with E-state index in [2.05, 4.69) is 5.10 Å². The average molecular weight is 344 g/mol. The van der Waals surface area contributed by atoms with Crippen molar-refractivity contribution in [1.82, 2.24) is 14.1 Å². The van der Waals surface area contributed by atoms with Crippen LogP contribution in [0.25, 0.3) is 0 Å². The van der Waals surface area contributed by atoms with E-state index in [1.165, 1.54) is 16.4 Å². The van der Waals surface area contributed by atoms with Gasteiger partial charge in [0.15, 0.2) is 0 Å². The number of hydrogen-bond donors (Lipinski definition) is 0. The lowest BCUT2D eigenvalue weighted by Gasteiger charge is -2.24. The minimum absolute atomic E-state index is 0.168. The van der Waals surface area contributed by atoms with Gasteiger partial charge in [-0.1, -0.05) is 11.6 Å². The van der Waals surface area contributed by atoms with Gasteiger partial charge in [-0.15, -0.1) is 0 Å². The van der Waals surface area contributed by atoms with E-state index in [1.54, 1.807) is 24.0 Å². The highest BCUT2D eigenvalue weighted by Crippen LogP contribution is 2.37. The van der Waals surface area contributed by atoms with Crippen LogP contribution >= 0.6 is 11.6 Å². The van der Waals surface area contributed by atoms with Crippen LogP contribution in [0, 0.1) is 5.82 Å². The fourth-order valence-electron chi connectivity index (χ4n) is 2.85. The molecule has 22 heavy (non-hydrogen) atoms. The highest BCUT2D eigenvalue weighted by molar-refractivity contribution is 7.89. The lowest BCUT2D eigenvalue weighted by molar-refractivity contribution is 0.378. The first-order chi connectivity index (χ1) is 10.4. The van der Waals surface area contributed by atoms with Crippen LogP contribution in [0.3, 0.4) is 0 Å². The zero-order valence-corrected chi connectivity index (χ0v) is 13.5. The Bertz CT molecular complexity index is 806. The van der Waals surface area contributed by atoms with Gasteiger partial charge < -0.3 is 0 Å². The van der Waals surface area contributed by atoms with Crippen LogP contribution in [0.15, 0.2) is 35.4 Å². The summed E-state index contributed by atoms with van der Waals surface area (Å²) in [6.45, 7) is 0.361. The summed E-state index contributed by atoms with van der Waals surface area (Å²) in [7, 11) is -2.15. The SMILES string of the molecule is Cn1nccc1C1CCCN1S(=O)(=O)c1ccc(Cl)cc1F. The summed E-state index contributed by atoms with van der Waals surface area (Å²) in [5.41, 5.74) is 0.801. The van der Waals surface area contributed by atoms with Gasteiger partial charge in [0.1, 0.15) is 10.7 Å². The van der Waals surface area contributed by atoms with E-state index in [-0.39, 0.29) is 16.0 Å². The third-order valence-corrected chi connectivity index (χ3v) is 6.06. The molecule has 2 heterocycles. The molecule has 0 spiro atoms. The minimum atomic E-state index is -3.92. The summed E-state index contributed by atoms with van der Waals surface area (Å²) in [5, 5.41) is 4.25. The van der Waals surface area contributed by atoms with Gasteiger partial charge in [-0.05, 0) is 37.1 Å². The van der Waals surface area contributed by atoms with E-state index in [1.807, 2.05) is 0 Å². The van der Waals surface area contributed by atoms with Gasteiger partial charge in [-0.2, -0.15) is 9.40 Å². The molecule has 1 aliphatic rings. The number of aryl methyl sites for hydroxylation is 1. The number of hydrogen-bond acceptors (Lipinski definition) is 3. The van der Waals surface area contributed by atoms with Crippen molar-refractivity contribution in [3.63, 3.8) is 0 Å². The van der Waals surface area contributed by atoms with E-state index >= 15 is 0 Å². The normalized spacial score (nSPS) is 19.7. The summed E-state index contributed by atoms with van der Waals surface area (Å²) >= 11 is 5.70. The largest absolute Gasteiger partial charge is 0.271 e. The highest BCUT2D eigenvalue weighted by atomic mass is 35.5. The maximum absolute atomic E-state index is 14.0. The Morgan fingerprint density at radius 3 is 2.77 bits per heavy atom. The van der Waals surface area contributed by atoms with Crippen molar-refractivity contribution < 1.29 is 12.8 Å². The molecule has 0 N–H and O–H groups in total. The third kappa shape index (κ3) is 2.53. The monoisotopic (exact) mass is 343 g/mol. The third-order valence-electron chi connectivity index (χ3n) is 3.88. The van der Waals surface area contributed by atoms with Crippen molar-refractivity contribution >= 4 is 21.6 Å². The molecule has 1 aromatic heterocycles. The molecule has 1 unspecified atom stereocenters. The van der Waals surface area contributed by atoms with Crippen LogP contribution in [0.4, 0.5) is 4.39 Å². The summed E-state index contributed by atoms with van der Waals surface area (Å²) < 4.78 is 42.6. The Balaban J connectivity index is 2.03.